The smallest absolute Gasteiger partial charge is 0.316 e. The molecule has 0 saturated heterocycles. The van der Waals surface area contributed by atoms with Gasteiger partial charge in [0.1, 0.15) is 23.9 Å². The van der Waals surface area contributed by atoms with Crippen molar-refractivity contribution in [2.24, 2.45) is 0 Å². The zero-order valence-electron chi connectivity index (χ0n) is 13.3. The monoisotopic (exact) mass is 329 g/mol. The molecule has 0 atom stereocenters. The lowest BCUT2D eigenvalue weighted by Crippen LogP contribution is -2.07. The lowest BCUT2D eigenvalue weighted by atomic mass is 10.1. The molecule has 2 heterocycles. The van der Waals surface area contributed by atoms with Gasteiger partial charge >= 0.3 is 6.01 Å². The fourth-order valence-electron chi connectivity index (χ4n) is 2.21. The zero-order valence-corrected chi connectivity index (χ0v) is 13.3. The van der Waals surface area contributed by atoms with E-state index in [-0.39, 0.29) is 18.6 Å². The van der Waals surface area contributed by atoms with Crippen molar-refractivity contribution in [3.8, 4) is 28.7 Å². The molecule has 0 amide bonds. The first-order valence-corrected chi connectivity index (χ1v) is 7.37. The molecule has 0 saturated carbocycles. The minimum atomic E-state index is -0.314. The Labute approximate surface area is 138 Å². The summed E-state index contributed by atoms with van der Waals surface area (Å²) in [6.45, 7) is 2.66. The van der Waals surface area contributed by atoms with Crippen LogP contribution in [0.2, 0.25) is 0 Å². The summed E-state index contributed by atoms with van der Waals surface area (Å²) in [5.41, 5.74) is 2.55. The molecule has 0 radical (unpaired) electrons. The van der Waals surface area contributed by atoms with Crippen molar-refractivity contribution in [3.63, 3.8) is 0 Å². The summed E-state index contributed by atoms with van der Waals surface area (Å²) in [7, 11) is 1.50. The fraction of sp³-hybridized carbons (Fsp3) is 0.250. The largest absolute Gasteiger partial charge is 0.467 e. The summed E-state index contributed by atoms with van der Waals surface area (Å²) >= 11 is 0. The standard InChI is InChI=1S/C16H16FN5O2/c1-3-24-10-22-15(13-8-9-18-16(19-13)23-2)14(20-21-22)11-4-6-12(17)7-5-11/h4-9H,3,10H2,1-2H3. The number of rotatable bonds is 6. The van der Waals surface area contributed by atoms with E-state index in [0.29, 0.717) is 23.7 Å². The van der Waals surface area contributed by atoms with E-state index in [1.807, 2.05) is 6.92 Å². The van der Waals surface area contributed by atoms with E-state index in [2.05, 4.69) is 20.3 Å². The second kappa shape index (κ2) is 7.14. The van der Waals surface area contributed by atoms with Gasteiger partial charge in [-0.1, -0.05) is 5.21 Å². The molecule has 0 aliphatic carbocycles. The Balaban J connectivity index is 2.12. The van der Waals surface area contributed by atoms with Gasteiger partial charge in [0.05, 0.1) is 12.8 Å². The summed E-state index contributed by atoms with van der Waals surface area (Å²) in [5.74, 6) is -0.314. The molecule has 3 aromatic rings. The number of hydrogen-bond donors (Lipinski definition) is 0. The van der Waals surface area contributed by atoms with Gasteiger partial charge in [0, 0.05) is 18.4 Å². The van der Waals surface area contributed by atoms with Crippen molar-refractivity contribution in [3.05, 3.63) is 42.3 Å². The molecule has 124 valence electrons. The molecule has 2 aromatic heterocycles. The van der Waals surface area contributed by atoms with E-state index in [1.165, 1.54) is 19.2 Å². The lowest BCUT2D eigenvalue weighted by Gasteiger charge is -2.08. The number of hydrogen-bond acceptors (Lipinski definition) is 6. The van der Waals surface area contributed by atoms with Gasteiger partial charge in [0.15, 0.2) is 0 Å². The molecule has 0 fully saturated rings. The summed E-state index contributed by atoms with van der Waals surface area (Å²) in [6.07, 6.45) is 1.59. The normalized spacial score (nSPS) is 10.8. The van der Waals surface area contributed by atoms with E-state index >= 15 is 0 Å². The highest BCUT2D eigenvalue weighted by Crippen LogP contribution is 2.29. The Kier molecular flexibility index (Phi) is 4.76. The quantitative estimate of drug-likeness (QED) is 0.692. The molecule has 0 bridgehead atoms. The van der Waals surface area contributed by atoms with Crippen LogP contribution in [0.25, 0.3) is 22.6 Å². The van der Waals surface area contributed by atoms with Gasteiger partial charge in [0.25, 0.3) is 0 Å². The third-order valence-electron chi connectivity index (χ3n) is 3.33. The lowest BCUT2D eigenvalue weighted by molar-refractivity contribution is 0.0790. The van der Waals surface area contributed by atoms with Gasteiger partial charge in [0.2, 0.25) is 0 Å². The zero-order chi connectivity index (χ0) is 16.9. The van der Waals surface area contributed by atoms with Crippen LogP contribution in [0.1, 0.15) is 6.92 Å². The summed E-state index contributed by atoms with van der Waals surface area (Å²) in [4.78, 5) is 8.35. The average molecular weight is 329 g/mol. The van der Waals surface area contributed by atoms with Gasteiger partial charge in [-0.05, 0) is 37.3 Å². The van der Waals surface area contributed by atoms with Crippen molar-refractivity contribution in [2.75, 3.05) is 13.7 Å². The number of aromatic nitrogens is 5. The van der Waals surface area contributed by atoms with Crippen molar-refractivity contribution in [1.82, 2.24) is 25.0 Å². The van der Waals surface area contributed by atoms with Crippen LogP contribution in [0.4, 0.5) is 4.39 Å². The SMILES string of the molecule is CCOCn1nnc(-c2ccc(F)cc2)c1-c1ccnc(OC)n1. The maximum absolute atomic E-state index is 13.2. The predicted octanol–water partition coefficient (Wildman–Crippen LogP) is 2.54. The highest BCUT2D eigenvalue weighted by molar-refractivity contribution is 5.76. The molecule has 0 N–H and O–H groups in total. The molecule has 1 aromatic carbocycles. The molecule has 0 spiro atoms. The second-order valence-corrected chi connectivity index (χ2v) is 4.84. The van der Waals surface area contributed by atoms with E-state index in [1.54, 1.807) is 29.1 Å². The van der Waals surface area contributed by atoms with Gasteiger partial charge < -0.3 is 9.47 Å². The number of nitrogens with zero attached hydrogens (tertiary/aromatic N) is 5. The molecule has 3 rings (SSSR count). The summed E-state index contributed by atoms with van der Waals surface area (Å²) in [6, 6.07) is 8.01. The molecule has 0 unspecified atom stereocenters. The minimum Gasteiger partial charge on any atom is -0.467 e. The van der Waals surface area contributed by atoms with E-state index in [0.717, 1.165) is 5.56 Å². The number of benzene rings is 1. The van der Waals surface area contributed by atoms with Crippen molar-refractivity contribution in [1.29, 1.82) is 0 Å². The van der Waals surface area contributed by atoms with E-state index in [4.69, 9.17) is 9.47 Å². The number of ether oxygens (including phenoxy) is 2. The Morgan fingerprint density at radius 1 is 1.17 bits per heavy atom. The van der Waals surface area contributed by atoms with Gasteiger partial charge in [-0.25, -0.2) is 14.1 Å². The van der Waals surface area contributed by atoms with E-state index in [9.17, 15) is 4.39 Å². The Hall–Kier alpha value is -2.87. The third kappa shape index (κ3) is 3.23. The molecule has 0 aliphatic rings. The van der Waals surface area contributed by atoms with Gasteiger partial charge in [-0.2, -0.15) is 4.98 Å². The Morgan fingerprint density at radius 2 is 1.96 bits per heavy atom. The Bertz CT molecular complexity index is 820. The third-order valence-corrected chi connectivity index (χ3v) is 3.33. The topological polar surface area (TPSA) is 75.0 Å². The van der Waals surface area contributed by atoms with Crippen LogP contribution in [0.15, 0.2) is 36.5 Å². The highest BCUT2D eigenvalue weighted by atomic mass is 19.1. The van der Waals surface area contributed by atoms with Crippen molar-refractivity contribution < 1.29 is 13.9 Å². The van der Waals surface area contributed by atoms with Gasteiger partial charge in [-0.15, -0.1) is 5.10 Å². The summed E-state index contributed by atoms with van der Waals surface area (Å²) in [5, 5.41) is 8.34. The molecule has 0 aliphatic heterocycles. The summed E-state index contributed by atoms with van der Waals surface area (Å²) < 4.78 is 25.3. The molecule has 24 heavy (non-hydrogen) atoms. The number of methoxy groups -OCH3 is 1. The van der Waals surface area contributed by atoms with Crippen LogP contribution >= 0.6 is 0 Å². The van der Waals surface area contributed by atoms with Gasteiger partial charge in [-0.3, -0.25) is 0 Å². The maximum Gasteiger partial charge on any atom is 0.316 e. The second-order valence-electron chi connectivity index (χ2n) is 4.84. The number of halogens is 1. The van der Waals surface area contributed by atoms with Crippen LogP contribution in [-0.2, 0) is 11.5 Å². The Morgan fingerprint density at radius 3 is 2.67 bits per heavy atom. The fourth-order valence-corrected chi connectivity index (χ4v) is 2.21. The first kappa shape index (κ1) is 16.0. The maximum atomic E-state index is 13.2. The molecular formula is C16H16FN5O2. The van der Waals surface area contributed by atoms with Crippen LogP contribution in [0.3, 0.4) is 0 Å². The van der Waals surface area contributed by atoms with Crippen molar-refractivity contribution in [2.45, 2.75) is 13.7 Å². The van der Waals surface area contributed by atoms with Crippen LogP contribution in [0, 0.1) is 5.82 Å². The first-order chi connectivity index (χ1) is 11.7. The van der Waals surface area contributed by atoms with Crippen molar-refractivity contribution >= 4 is 0 Å². The highest BCUT2D eigenvalue weighted by Gasteiger charge is 2.19. The molecule has 7 nitrogen and oxygen atoms in total. The predicted molar refractivity (Wildman–Crippen MR) is 84.6 cm³/mol. The van der Waals surface area contributed by atoms with Crippen LogP contribution in [0.5, 0.6) is 6.01 Å². The van der Waals surface area contributed by atoms with Crippen LogP contribution in [-0.4, -0.2) is 38.7 Å². The molecular weight excluding hydrogens is 313 g/mol. The van der Waals surface area contributed by atoms with Crippen LogP contribution < -0.4 is 4.74 Å². The van der Waals surface area contributed by atoms with E-state index < -0.39 is 0 Å². The average Bonchev–Trinajstić information content (AvgIpc) is 3.04. The minimum absolute atomic E-state index is 0.229. The molecule has 8 heteroatoms. The first-order valence-electron chi connectivity index (χ1n) is 7.37.